The molecule has 3 rings (SSSR count). The summed E-state index contributed by atoms with van der Waals surface area (Å²) in [5.74, 6) is 0.845. The lowest BCUT2D eigenvalue weighted by molar-refractivity contribution is 0.0519. The number of esters is 1. The van der Waals surface area contributed by atoms with Gasteiger partial charge in [-0.3, -0.25) is 0 Å². The van der Waals surface area contributed by atoms with Gasteiger partial charge in [-0.2, -0.15) is 0 Å². The first-order valence-electron chi connectivity index (χ1n) is 11.4. The van der Waals surface area contributed by atoms with Gasteiger partial charge in [0.15, 0.2) is 0 Å². The van der Waals surface area contributed by atoms with E-state index in [0.29, 0.717) is 36.9 Å². The minimum absolute atomic E-state index is 0.317. The van der Waals surface area contributed by atoms with E-state index in [2.05, 4.69) is 6.92 Å². The summed E-state index contributed by atoms with van der Waals surface area (Å²) >= 11 is 0. The van der Waals surface area contributed by atoms with Crippen molar-refractivity contribution in [3.8, 4) is 11.5 Å². The van der Waals surface area contributed by atoms with Gasteiger partial charge in [0.25, 0.3) is 0 Å². The summed E-state index contributed by atoms with van der Waals surface area (Å²) in [7, 11) is 0. The van der Waals surface area contributed by atoms with Crippen LogP contribution in [0.25, 0.3) is 0 Å². The molecule has 3 aromatic rings. The maximum Gasteiger partial charge on any atom is 0.342 e. The van der Waals surface area contributed by atoms with Crippen molar-refractivity contribution in [1.82, 2.24) is 0 Å². The van der Waals surface area contributed by atoms with Crippen LogP contribution in [0.15, 0.2) is 72.8 Å². The Morgan fingerprint density at radius 2 is 1.41 bits per heavy atom. The van der Waals surface area contributed by atoms with Gasteiger partial charge in [0.05, 0.1) is 6.61 Å². The molecule has 32 heavy (non-hydrogen) atoms. The van der Waals surface area contributed by atoms with Crippen LogP contribution in [0, 0.1) is 0 Å². The molecule has 0 N–H and O–H groups in total. The second-order valence-corrected chi connectivity index (χ2v) is 7.68. The lowest BCUT2D eigenvalue weighted by atomic mass is 9.99. The van der Waals surface area contributed by atoms with Crippen molar-refractivity contribution in [2.45, 2.75) is 52.7 Å². The predicted molar refractivity (Wildman–Crippen MR) is 127 cm³/mol. The fourth-order valence-corrected chi connectivity index (χ4v) is 3.52. The van der Waals surface area contributed by atoms with Gasteiger partial charge in [-0.05, 0) is 42.5 Å². The molecule has 3 aromatic carbocycles. The van der Waals surface area contributed by atoms with E-state index in [1.54, 1.807) is 6.07 Å². The summed E-state index contributed by atoms with van der Waals surface area (Å²) in [5, 5.41) is 0. The summed E-state index contributed by atoms with van der Waals surface area (Å²) in [6, 6.07) is 23.7. The molecule has 0 heterocycles. The van der Waals surface area contributed by atoms with Crippen LogP contribution in [0.5, 0.6) is 11.5 Å². The van der Waals surface area contributed by atoms with E-state index in [1.165, 1.54) is 0 Å². The highest BCUT2D eigenvalue weighted by atomic mass is 16.5. The Labute approximate surface area is 191 Å². The maximum atomic E-state index is 12.9. The number of carbonyl (C=O) groups is 1. The molecule has 0 aliphatic carbocycles. The van der Waals surface area contributed by atoms with Crippen LogP contribution in [0.2, 0.25) is 0 Å². The van der Waals surface area contributed by atoms with Crippen LogP contribution in [0.1, 0.15) is 60.2 Å². The second-order valence-electron chi connectivity index (χ2n) is 7.68. The van der Waals surface area contributed by atoms with Gasteiger partial charge in [0, 0.05) is 6.07 Å². The number of ether oxygens (including phenoxy) is 3. The molecule has 0 atom stereocenters. The molecular formula is C28H32O4. The van der Waals surface area contributed by atoms with Crippen LogP contribution < -0.4 is 9.47 Å². The average Bonchev–Trinajstić information content (AvgIpc) is 2.83. The lowest BCUT2D eigenvalue weighted by Gasteiger charge is -2.18. The highest BCUT2D eigenvalue weighted by molar-refractivity contribution is 5.94. The first-order chi connectivity index (χ1) is 15.7. The van der Waals surface area contributed by atoms with Crippen molar-refractivity contribution in [1.29, 1.82) is 0 Å². The van der Waals surface area contributed by atoms with Gasteiger partial charge < -0.3 is 14.2 Å². The molecule has 0 unspecified atom stereocenters. The predicted octanol–water partition coefficient (Wildman–Crippen LogP) is 6.75. The van der Waals surface area contributed by atoms with Crippen molar-refractivity contribution in [3.63, 3.8) is 0 Å². The summed E-state index contributed by atoms with van der Waals surface area (Å²) in [4.78, 5) is 12.9. The van der Waals surface area contributed by atoms with Crippen molar-refractivity contribution < 1.29 is 19.0 Å². The Hall–Kier alpha value is -3.27. The Kier molecular flexibility index (Phi) is 9.18. The van der Waals surface area contributed by atoms with Gasteiger partial charge in [-0.1, -0.05) is 80.4 Å². The number of hydrogen-bond donors (Lipinski definition) is 0. The third-order valence-electron chi connectivity index (χ3n) is 5.17. The highest BCUT2D eigenvalue weighted by Gasteiger charge is 2.21. The van der Waals surface area contributed by atoms with Crippen LogP contribution in [-0.2, 0) is 24.4 Å². The smallest absolute Gasteiger partial charge is 0.342 e. The van der Waals surface area contributed by atoms with Crippen LogP contribution >= 0.6 is 0 Å². The number of benzene rings is 3. The molecule has 0 spiro atoms. The highest BCUT2D eigenvalue weighted by Crippen LogP contribution is 2.32. The van der Waals surface area contributed by atoms with Crippen molar-refractivity contribution in [2.75, 3.05) is 6.61 Å². The zero-order valence-electron chi connectivity index (χ0n) is 19.0. The van der Waals surface area contributed by atoms with E-state index >= 15 is 0 Å². The topological polar surface area (TPSA) is 44.8 Å². The molecular weight excluding hydrogens is 400 g/mol. The molecule has 0 bridgehead atoms. The molecule has 0 saturated carbocycles. The van der Waals surface area contributed by atoms with Crippen molar-refractivity contribution >= 4 is 5.97 Å². The molecule has 0 aliphatic rings. The quantitative estimate of drug-likeness (QED) is 0.234. The minimum atomic E-state index is -0.350. The number of unbranched alkanes of at least 4 members (excludes halogenated alkanes) is 2. The Morgan fingerprint density at radius 3 is 2.00 bits per heavy atom. The Balaban J connectivity index is 1.91. The zero-order chi connectivity index (χ0) is 22.6. The van der Waals surface area contributed by atoms with Gasteiger partial charge in [0.2, 0.25) is 0 Å². The zero-order valence-corrected chi connectivity index (χ0v) is 19.0. The molecule has 0 amide bonds. The van der Waals surface area contributed by atoms with Gasteiger partial charge in [-0.15, -0.1) is 0 Å². The molecule has 0 fully saturated rings. The van der Waals surface area contributed by atoms with E-state index in [1.807, 2.05) is 73.7 Å². The van der Waals surface area contributed by atoms with E-state index in [-0.39, 0.29) is 5.97 Å². The largest absolute Gasteiger partial charge is 0.489 e. The van der Waals surface area contributed by atoms with Gasteiger partial charge in [0.1, 0.15) is 30.3 Å². The Morgan fingerprint density at radius 1 is 0.781 bits per heavy atom. The number of carbonyl (C=O) groups excluding carboxylic acids is 1. The number of rotatable bonds is 12. The fraction of sp³-hybridized carbons (Fsp3) is 0.321. The third-order valence-corrected chi connectivity index (χ3v) is 5.17. The maximum absolute atomic E-state index is 12.9. The summed E-state index contributed by atoms with van der Waals surface area (Å²) in [6.07, 6.45) is 3.96. The fourth-order valence-electron chi connectivity index (χ4n) is 3.52. The standard InChI is InChI=1S/C28H32O4/c1-3-5-8-17-24-18-25(31-20-22-13-9-6-10-14-22)19-26(27(24)28(29)30-4-2)32-21-23-15-11-7-12-16-23/h6-7,9-16,18-19H,3-5,8,17,20-21H2,1-2H3. The van der Waals surface area contributed by atoms with Crippen molar-refractivity contribution in [3.05, 3.63) is 95.1 Å². The van der Waals surface area contributed by atoms with E-state index in [0.717, 1.165) is 42.4 Å². The summed E-state index contributed by atoms with van der Waals surface area (Å²) < 4.78 is 17.6. The molecule has 0 aliphatic heterocycles. The normalized spacial score (nSPS) is 10.6. The molecule has 0 saturated heterocycles. The van der Waals surface area contributed by atoms with Gasteiger partial charge >= 0.3 is 5.97 Å². The molecule has 4 nitrogen and oxygen atoms in total. The van der Waals surface area contributed by atoms with Crippen LogP contribution in [-0.4, -0.2) is 12.6 Å². The third kappa shape index (κ3) is 6.88. The molecule has 0 aromatic heterocycles. The summed E-state index contributed by atoms with van der Waals surface area (Å²) in [6.45, 7) is 5.12. The lowest BCUT2D eigenvalue weighted by Crippen LogP contribution is -2.12. The summed E-state index contributed by atoms with van der Waals surface area (Å²) in [5.41, 5.74) is 3.53. The van der Waals surface area contributed by atoms with E-state index in [9.17, 15) is 4.79 Å². The second kappa shape index (κ2) is 12.6. The van der Waals surface area contributed by atoms with Crippen molar-refractivity contribution in [2.24, 2.45) is 0 Å². The van der Waals surface area contributed by atoms with Gasteiger partial charge in [-0.25, -0.2) is 4.79 Å². The molecule has 168 valence electrons. The first kappa shape index (κ1) is 23.4. The minimum Gasteiger partial charge on any atom is -0.489 e. The van der Waals surface area contributed by atoms with Crippen LogP contribution in [0.3, 0.4) is 0 Å². The Bertz CT molecular complexity index is 967. The number of hydrogen-bond acceptors (Lipinski definition) is 4. The van der Waals surface area contributed by atoms with E-state index < -0.39 is 0 Å². The average molecular weight is 433 g/mol. The monoisotopic (exact) mass is 432 g/mol. The number of aryl methyl sites for hydroxylation is 1. The van der Waals surface area contributed by atoms with E-state index in [4.69, 9.17) is 14.2 Å². The molecule has 0 radical (unpaired) electrons. The van der Waals surface area contributed by atoms with Crippen LogP contribution in [0.4, 0.5) is 0 Å². The first-order valence-corrected chi connectivity index (χ1v) is 11.4. The molecule has 4 heteroatoms. The SMILES string of the molecule is CCCCCc1cc(OCc2ccccc2)cc(OCc2ccccc2)c1C(=O)OCC.